The second-order valence-electron chi connectivity index (χ2n) is 5.31. The van der Waals surface area contributed by atoms with Crippen molar-refractivity contribution in [3.63, 3.8) is 0 Å². The Morgan fingerprint density at radius 1 is 1.09 bits per heavy atom. The number of ether oxygens (including phenoxy) is 2. The lowest BCUT2D eigenvalue weighted by molar-refractivity contribution is 0.0690. The van der Waals surface area contributed by atoms with Crippen molar-refractivity contribution in [2.45, 2.75) is 0 Å². The molecule has 1 aliphatic rings. The second-order valence-corrected chi connectivity index (χ2v) is 5.70. The van der Waals surface area contributed by atoms with Gasteiger partial charge in [-0.15, -0.1) is 0 Å². The molecule has 23 heavy (non-hydrogen) atoms. The zero-order valence-corrected chi connectivity index (χ0v) is 13.9. The zero-order chi connectivity index (χ0) is 16.1. The second kappa shape index (κ2) is 7.44. The van der Waals surface area contributed by atoms with Crippen molar-refractivity contribution in [3.8, 4) is 16.9 Å². The molecule has 1 N–H and O–H groups in total. The minimum Gasteiger partial charge on any atom is -0.495 e. The first-order chi connectivity index (χ1) is 11.3. The monoisotopic (exact) mass is 328 g/mol. The van der Waals surface area contributed by atoms with Gasteiger partial charge in [0.05, 0.1) is 26.0 Å². The quantitative estimate of drug-likeness (QED) is 0.874. The third-order valence-electron chi connectivity index (χ3n) is 3.85. The van der Waals surface area contributed by atoms with Crippen LogP contribution in [-0.4, -0.2) is 43.4 Å². The number of rotatable bonds is 3. The van der Waals surface area contributed by atoms with E-state index >= 15 is 0 Å². The van der Waals surface area contributed by atoms with Gasteiger partial charge in [0.15, 0.2) is 5.11 Å². The molecule has 1 saturated heterocycles. The number of hydrogen-bond donors (Lipinski definition) is 1. The standard InChI is InChI=1S/C18H20N2O2S/c1-21-17-8-7-15(14-5-3-2-4-6-14)13-16(17)19-18(23)20-9-11-22-12-10-20/h2-8,13H,9-12H2,1H3,(H,19,23). The molecule has 0 saturated carbocycles. The molecule has 120 valence electrons. The first-order valence-electron chi connectivity index (χ1n) is 7.65. The van der Waals surface area contributed by atoms with Crippen LogP contribution >= 0.6 is 12.2 Å². The van der Waals surface area contributed by atoms with Crippen LogP contribution in [0.4, 0.5) is 5.69 Å². The summed E-state index contributed by atoms with van der Waals surface area (Å²) in [7, 11) is 1.67. The van der Waals surface area contributed by atoms with Gasteiger partial charge in [0.25, 0.3) is 0 Å². The molecule has 3 rings (SSSR count). The lowest BCUT2D eigenvalue weighted by atomic mass is 10.0. The average molecular weight is 328 g/mol. The molecule has 4 nitrogen and oxygen atoms in total. The van der Waals surface area contributed by atoms with E-state index in [9.17, 15) is 0 Å². The highest BCUT2D eigenvalue weighted by Gasteiger charge is 2.15. The summed E-state index contributed by atoms with van der Waals surface area (Å²) in [6.07, 6.45) is 0. The van der Waals surface area contributed by atoms with Crippen molar-refractivity contribution in [3.05, 3.63) is 48.5 Å². The number of methoxy groups -OCH3 is 1. The van der Waals surface area contributed by atoms with Crippen LogP contribution in [0.1, 0.15) is 0 Å². The van der Waals surface area contributed by atoms with Gasteiger partial charge in [0.2, 0.25) is 0 Å². The number of nitrogens with one attached hydrogen (secondary N) is 1. The normalized spacial score (nSPS) is 14.4. The zero-order valence-electron chi connectivity index (χ0n) is 13.1. The van der Waals surface area contributed by atoms with E-state index in [2.05, 4.69) is 34.5 Å². The third-order valence-corrected chi connectivity index (χ3v) is 4.21. The van der Waals surface area contributed by atoms with Crippen LogP contribution in [0.25, 0.3) is 11.1 Å². The third kappa shape index (κ3) is 3.81. The van der Waals surface area contributed by atoms with E-state index in [1.165, 1.54) is 0 Å². The van der Waals surface area contributed by atoms with E-state index < -0.39 is 0 Å². The number of anilines is 1. The molecule has 0 radical (unpaired) electrons. The fourth-order valence-electron chi connectivity index (χ4n) is 2.58. The van der Waals surface area contributed by atoms with Crippen molar-refractivity contribution in [2.75, 3.05) is 38.7 Å². The topological polar surface area (TPSA) is 33.7 Å². The number of hydrogen-bond acceptors (Lipinski definition) is 3. The minimum atomic E-state index is 0.705. The summed E-state index contributed by atoms with van der Waals surface area (Å²) in [5.41, 5.74) is 3.17. The van der Waals surface area contributed by atoms with E-state index in [1.807, 2.05) is 24.3 Å². The fraction of sp³-hybridized carbons (Fsp3) is 0.278. The maximum Gasteiger partial charge on any atom is 0.173 e. The number of morpholine rings is 1. The van der Waals surface area contributed by atoms with Gasteiger partial charge >= 0.3 is 0 Å². The summed E-state index contributed by atoms with van der Waals surface area (Å²) in [6, 6.07) is 16.3. The number of benzene rings is 2. The molecule has 2 aromatic carbocycles. The smallest absolute Gasteiger partial charge is 0.173 e. The first kappa shape index (κ1) is 15.8. The van der Waals surface area contributed by atoms with Gasteiger partial charge in [0.1, 0.15) is 5.75 Å². The van der Waals surface area contributed by atoms with Gasteiger partial charge in [-0.1, -0.05) is 36.4 Å². The summed E-state index contributed by atoms with van der Waals surface area (Å²) in [5.74, 6) is 0.778. The lowest BCUT2D eigenvalue weighted by Crippen LogP contribution is -2.42. The lowest BCUT2D eigenvalue weighted by Gasteiger charge is -2.29. The van der Waals surface area contributed by atoms with Crippen molar-refractivity contribution in [1.82, 2.24) is 4.90 Å². The van der Waals surface area contributed by atoms with Crippen LogP contribution in [0.5, 0.6) is 5.75 Å². The highest BCUT2D eigenvalue weighted by atomic mass is 32.1. The Balaban J connectivity index is 1.83. The predicted molar refractivity (Wildman–Crippen MR) is 97.0 cm³/mol. The van der Waals surface area contributed by atoms with Gasteiger partial charge in [-0.25, -0.2) is 0 Å². The van der Waals surface area contributed by atoms with Gasteiger partial charge in [-0.05, 0) is 35.5 Å². The summed E-state index contributed by atoms with van der Waals surface area (Å²) in [5, 5.41) is 4.02. The summed E-state index contributed by atoms with van der Waals surface area (Å²) in [6.45, 7) is 3.05. The number of nitrogens with zero attached hydrogens (tertiary/aromatic N) is 1. The number of thiocarbonyl (C=S) groups is 1. The maximum atomic E-state index is 5.53. The Bertz CT molecular complexity index is 670. The van der Waals surface area contributed by atoms with E-state index in [0.29, 0.717) is 18.3 Å². The molecule has 1 heterocycles. The Morgan fingerprint density at radius 3 is 2.52 bits per heavy atom. The Morgan fingerprint density at radius 2 is 1.83 bits per heavy atom. The van der Waals surface area contributed by atoms with E-state index in [4.69, 9.17) is 21.7 Å². The van der Waals surface area contributed by atoms with Crippen molar-refractivity contribution in [1.29, 1.82) is 0 Å². The molecular weight excluding hydrogens is 308 g/mol. The molecule has 2 aromatic rings. The van der Waals surface area contributed by atoms with Gasteiger partial charge < -0.3 is 19.7 Å². The summed E-state index contributed by atoms with van der Waals surface area (Å²) < 4.78 is 10.8. The molecule has 0 atom stereocenters. The summed E-state index contributed by atoms with van der Waals surface area (Å²) >= 11 is 5.53. The molecule has 1 fully saturated rings. The Kier molecular flexibility index (Phi) is 5.10. The van der Waals surface area contributed by atoms with Gasteiger partial charge in [-0.2, -0.15) is 0 Å². The van der Waals surface area contributed by atoms with Crippen molar-refractivity contribution >= 4 is 23.0 Å². The van der Waals surface area contributed by atoms with Crippen LogP contribution in [0.2, 0.25) is 0 Å². The Labute approximate surface area is 142 Å². The molecule has 0 aliphatic carbocycles. The molecule has 0 bridgehead atoms. The van der Waals surface area contributed by atoms with Crippen LogP contribution < -0.4 is 10.1 Å². The van der Waals surface area contributed by atoms with Gasteiger partial charge in [-0.3, -0.25) is 0 Å². The van der Waals surface area contributed by atoms with Crippen LogP contribution in [0.3, 0.4) is 0 Å². The molecule has 5 heteroatoms. The molecular formula is C18H20N2O2S. The van der Waals surface area contributed by atoms with E-state index in [-0.39, 0.29) is 0 Å². The fourth-order valence-corrected chi connectivity index (χ4v) is 2.87. The first-order valence-corrected chi connectivity index (χ1v) is 8.06. The molecule has 0 spiro atoms. The van der Waals surface area contributed by atoms with E-state index in [1.54, 1.807) is 7.11 Å². The van der Waals surface area contributed by atoms with Crippen LogP contribution in [-0.2, 0) is 4.74 Å². The average Bonchev–Trinajstić information content (AvgIpc) is 2.63. The highest BCUT2D eigenvalue weighted by Crippen LogP contribution is 2.30. The maximum absolute atomic E-state index is 5.53. The van der Waals surface area contributed by atoms with E-state index in [0.717, 1.165) is 35.7 Å². The SMILES string of the molecule is COc1ccc(-c2ccccc2)cc1NC(=S)N1CCOCC1. The molecule has 1 aliphatic heterocycles. The van der Waals surface area contributed by atoms with Crippen LogP contribution in [0.15, 0.2) is 48.5 Å². The van der Waals surface area contributed by atoms with Crippen molar-refractivity contribution in [2.24, 2.45) is 0 Å². The highest BCUT2D eigenvalue weighted by molar-refractivity contribution is 7.80. The molecule has 0 aromatic heterocycles. The molecule has 0 amide bonds. The Hall–Kier alpha value is -2.11. The predicted octanol–water partition coefficient (Wildman–Crippen LogP) is 3.39. The van der Waals surface area contributed by atoms with Crippen molar-refractivity contribution < 1.29 is 9.47 Å². The van der Waals surface area contributed by atoms with Gasteiger partial charge in [0, 0.05) is 13.1 Å². The summed E-state index contributed by atoms with van der Waals surface area (Å²) in [4.78, 5) is 2.12. The molecule has 0 unspecified atom stereocenters. The minimum absolute atomic E-state index is 0.705. The van der Waals surface area contributed by atoms with Crippen LogP contribution in [0, 0.1) is 0 Å². The largest absolute Gasteiger partial charge is 0.495 e.